The van der Waals surface area contributed by atoms with Crippen LogP contribution >= 0.6 is 0 Å². The SMILES string of the molecule is CC(=O)N1CCC(C(=O)N2CCCn3nc(C(O)CN(C)C)cc3C2)CC1. The smallest absolute Gasteiger partial charge is 0.226 e. The molecule has 3 rings (SSSR count). The number of amides is 2. The highest BCUT2D eigenvalue weighted by Gasteiger charge is 2.31. The van der Waals surface area contributed by atoms with Crippen molar-refractivity contribution < 1.29 is 14.7 Å². The topological polar surface area (TPSA) is 81.9 Å². The van der Waals surface area contributed by atoms with Gasteiger partial charge in [0.15, 0.2) is 0 Å². The van der Waals surface area contributed by atoms with E-state index in [9.17, 15) is 14.7 Å². The summed E-state index contributed by atoms with van der Waals surface area (Å²) in [5.41, 5.74) is 1.65. The van der Waals surface area contributed by atoms with Crippen molar-refractivity contribution in [2.75, 3.05) is 40.3 Å². The second-order valence-corrected chi connectivity index (χ2v) is 7.96. The summed E-state index contributed by atoms with van der Waals surface area (Å²) >= 11 is 0. The summed E-state index contributed by atoms with van der Waals surface area (Å²) in [7, 11) is 3.84. The molecule has 2 amide bonds. The van der Waals surface area contributed by atoms with E-state index in [1.807, 2.05) is 39.5 Å². The number of aromatic nitrogens is 2. The summed E-state index contributed by atoms with van der Waals surface area (Å²) in [5, 5.41) is 14.9. The van der Waals surface area contributed by atoms with Crippen LogP contribution in [-0.4, -0.2) is 81.7 Å². The number of aryl methyl sites for hydroxylation is 1. The minimum atomic E-state index is -0.625. The molecule has 27 heavy (non-hydrogen) atoms. The molecule has 1 aromatic heterocycles. The molecule has 1 N–H and O–H groups in total. The highest BCUT2D eigenvalue weighted by Crippen LogP contribution is 2.24. The Balaban J connectivity index is 1.65. The molecular weight excluding hydrogens is 346 g/mol. The number of fused-ring (bicyclic) bond motifs is 1. The lowest BCUT2D eigenvalue weighted by atomic mass is 9.95. The fourth-order valence-corrected chi connectivity index (χ4v) is 3.97. The molecule has 1 saturated heterocycles. The quantitative estimate of drug-likeness (QED) is 0.825. The van der Waals surface area contributed by atoms with Crippen LogP contribution < -0.4 is 0 Å². The first-order valence-electron chi connectivity index (χ1n) is 9.79. The maximum absolute atomic E-state index is 13.0. The molecule has 1 fully saturated rings. The van der Waals surface area contributed by atoms with E-state index >= 15 is 0 Å². The number of likely N-dealkylation sites (N-methyl/N-ethyl adjacent to an activating group) is 1. The fraction of sp³-hybridized carbons (Fsp3) is 0.737. The summed E-state index contributed by atoms with van der Waals surface area (Å²) in [6.07, 6.45) is 1.71. The molecule has 3 heterocycles. The summed E-state index contributed by atoms with van der Waals surface area (Å²) in [6.45, 7) is 5.46. The van der Waals surface area contributed by atoms with Gasteiger partial charge in [-0.25, -0.2) is 0 Å². The Kier molecular flexibility index (Phi) is 6.16. The number of rotatable bonds is 4. The third kappa shape index (κ3) is 4.68. The normalized spacial score (nSPS) is 19.7. The molecule has 150 valence electrons. The molecule has 0 spiro atoms. The van der Waals surface area contributed by atoms with E-state index in [0.717, 1.165) is 38.0 Å². The van der Waals surface area contributed by atoms with Crippen molar-refractivity contribution in [1.82, 2.24) is 24.5 Å². The molecule has 1 aromatic rings. The van der Waals surface area contributed by atoms with Crippen molar-refractivity contribution >= 4 is 11.8 Å². The number of nitrogens with zero attached hydrogens (tertiary/aromatic N) is 5. The van der Waals surface area contributed by atoms with Crippen molar-refractivity contribution in [2.45, 2.75) is 45.4 Å². The monoisotopic (exact) mass is 377 g/mol. The predicted molar refractivity (Wildman–Crippen MR) is 101 cm³/mol. The second kappa shape index (κ2) is 8.39. The Hall–Kier alpha value is -1.93. The third-order valence-corrected chi connectivity index (χ3v) is 5.51. The van der Waals surface area contributed by atoms with E-state index in [0.29, 0.717) is 31.9 Å². The lowest BCUT2D eigenvalue weighted by Gasteiger charge is -2.33. The maximum Gasteiger partial charge on any atom is 0.226 e. The van der Waals surface area contributed by atoms with Gasteiger partial charge in [-0.05, 0) is 39.4 Å². The maximum atomic E-state index is 13.0. The van der Waals surface area contributed by atoms with Crippen molar-refractivity contribution in [3.63, 3.8) is 0 Å². The average Bonchev–Trinajstić information content (AvgIpc) is 2.92. The van der Waals surface area contributed by atoms with Crippen LogP contribution in [0.2, 0.25) is 0 Å². The zero-order valence-electron chi connectivity index (χ0n) is 16.6. The van der Waals surface area contributed by atoms with Gasteiger partial charge in [0.1, 0.15) is 6.10 Å². The minimum absolute atomic E-state index is 0.00567. The number of hydrogen-bond donors (Lipinski definition) is 1. The Labute approximate surface area is 160 Å². The van der Waals surface area contributed by atoms with E-state index in [1.54, 1.807) is 6.92 Å². The van der Waals surface area contributed by atoms with Crippen molar-refractivity contribution in [3.05, 3.63) is 17.5 Å². The molecule has 0 saturated carbocycles. The number of aliphatic hydroxyl groups excluding tert-OH is 1. The molecule has 0 aromatic carbocycles. The minimum Gasteiger partial charge on any atom is -0.385 e. The van der Waals surface area contributed by atoms with Gasteiger partial charge in [-0.3, -0.25) is 14.3 Å². The van der Waals surface area contributed by atoms with Crippen LogP contribution in [0.5, 0.6) is 0 Å². The number of hydrogen-bond acceptors (Lipinski definition) is 5. The average molecular weight is 377 g/mol. The Bertz CT molecular complexity index is 679. The number of piperidine rings is 1. The van der Waals surface area contributed by atoms with Gasteiger partial charge in [0.25, 0.3) is 0 Å². The van der Waals surface area contributed by atoms with Crippen molar-refractivity contribution in [2.24, 2.45) is 5.92 Å². The molecule has 0 bridgehead atoms. The first-order chi connectivity index (χ1) is 12.8. The van der Waals surface area contributed by atoms with E-state index in [-0.39, 0.29) is 17.7 Å². The van der Waals surface area contributed by atoms with Crippen LogP contribution in [-0.2, 0) is 22.7 Å². The van der Waals surface area contributed by atoms with Crippen LogP contribution in [0.4, 0.5) is 0 Å². The first-order valence-corrected chi connectivity index (χ1v) is 9.79. The first kappa shape index (κ1) is 19.8. The molecule has 2 aliphatic heterocycles. The molecule has 0 radical (unpaired) electrons. The highest BCUT2D eigenvalue weighted by molar-refractivity contribution is 5.79. The van der Waals surface area contributed by atoms with Gasteiger partial charge in [-0.2, -0.15) is 5.10 Å². The van der Waals surface area contributed by atoms with E-state index in [4.69, 9.17) is 0 Å². The standard InChI is InChI=1S/C19H31N5O3/c1-14(25)22-9-5-15(6-10-22)19(27)23-7-4-8-24-16(12-23)11-17(20-24)18(26)13-21(2)3/h11,15,18,26H,4-10,12-13H2,1-3H3. The zero-order chi connectivity index (χ0) is 19.6. The van der Waals surface area contributed by atoms with Gasteiger partial charge in [0, 0.05) is 45.6 Å². The number of carbonyl (C=O) groups is 2. The number of aliphatic hydroxyl groups is 1. The van der Waals surface area contributed by atoms with E-state index < -0.39 is 6.10 Å². The number of likely N-dealkylation sites (tertiary alicyclic amines) is 1. The van der Waals surface area contributed by atoms with Crippen molar-refractivity contribution in [3.8, 4) is 0 Å². The fourth-order valence-electron chi connectivity index (χ4n) is 3.97. The summed E-state index contributed by atoms with van der Waals surface area (Å²) in [4.78, 5) is 30.2. The molecule has 1 unspecified atom stereocenters. The van der Waals surface area contributed by atoms with Gasteiger partial charge < -0.3 is 19.8 Å². The Morgan fingerprint density at radius 1 is 1.22 bits per heavy atom. The molecule has 8 heteroatoms. The van der Waals surface area contributed by atoms with Gasteiger partial charge in [-0.1, -0.05) is 0 Å². The zero-order valence-corrected chi connectivity index (χ0v) is 16.6. The molecule has 1 atom stereocenters. The summed E-state index contributed by atoms with van der Waals surface area (Å²) < 4.78 is 1.93. The number of carbonyl (C=O) groups excluding carboxylic acids is 2. The lowest BCUT2D eigenvalue weighted by molar-refractivity contribution is -0.140. The van der Waals surface area contributed by atoms with Gasteiger partial charge in [0.05, 0.1) is 17.9 Å². The van der Waals surface area contributed by atoms with E-state index in [2.05, 4.69) is 5.10 Å². The van der Waals surface area contributed by atoms with Crippen LogP contribution in [0.15, 0.2) is 6.07 Å². The van der Waals surface area contributed by atoms with Crippen LogP contribution in [0, 0.1) is 5.92 Å². The van der Waals surface area contributed by atoms with Crippen LogP contribution in [0.1, 0.15) is 43.7 Å². The summed E-state index contributed by atoms with van der Waals surface area (Å²) in [5.74, 6) is 0.264. The molecule has 8 nitrogen and oxygen atoms in total. The van der Waals surface area contributed by atoms with Crippen LogP contribution in [0.25, 0.3) is 0 Å². The van der Waals surface area contributed by atoms with Gasteiger partial charge in [-0.15, -0.1) is 0 Å². The molecule has 2 aliphatic rings. The van der Waals surface area contributed by atoms with Gasteiger partial charge in [0.2, 0.25) is 11.8 Å². The predicted octanol–water partition coefficient (Wildman–Crippen LogP) is 0.469. The second-order valence-electron chi connectivity index (χ2n) is 7.96. The van der Waals surface area contributed by atoms with Crippen LogP contribution in [0.3, 0.4) is 0 Å². The van der Waals surface area contributed by atoms with Gasteiger partial charge >= 0.3 is 0 Å². The third-order valence-electron chi connectivity index (χ3n) is 5.51. The largest absolute Gasteiger partial charge is 0.385 e. The molecular formula is C19H31N5O3. The van der Waals surface area contributed by atoms with Crippen molar-refractivity contribution in [1.29, 1.82) is 0 Å². The summed E-state index contributed by atoms with van der Waals surface area (Å²) in [6, 6.07) is 1.93. The Morgan fingerprint density at radius 3 is 2.56 bits per heavy atom. The van der Waals surface area contributed by atoms with E-state index in [1.165, 1.54) is 0 Å². The Morgan fingerprint density at radius 2 is 1.93 bits per heavy atom. The lowest BCUT2D eigenvalue weighted by Crippen LogP contribution is -2.43. The highest BCUT2D eigenvalue weighted by atomic mass is 16.3. The molecule has 0 aliphatic carbocycles.